The molecular formula is C7H12O7. The first-order valence-electron chi connectivity index (χ1n) is 3.92. The fourth-order valence-electron chi connectivity index (χ4n) is 1.28. The van der Waals surface area contributed by atoms with E-state index in [1.165, 1.54) is 0 Å². The van der Waals surface area contributed by atoms with E-state index in [0.29, 0.717) is 0 Å². The number of carboxylic acid groups (broad SMARTS) is 1. The Morgan fingerprint density at radius 2 is 2.07 bits per heavy atom. The van der Waals surface area contributed by atoms with Crippen LogP contribution in [0.5, 0.6) is 0 Å². The number of carboxylic acids is 1. The smallest absolute Gasteiger partial charge is 0.367 e. The van der Waals surface area contributed by atoms with Gasteiger partial charge in [0.25, 0.3) is 5.79 Å². The first kappa shape index (κ1) is 11.3. The van der Waals surface area contributed by atoms with Crippen LogP contribution in [0.1, 0.15) is 0 Å². The van der Waals surface area contributed by atoms with E-state index in [0.717, 1.165) is 7.11 Å². The van der Waals surface area contributed by atoms with Gasteiger partial charge in [0.1, 0.15) is 18.3 Å². The third-order valence-corrected chi connectivity index (χ3v) is 2.18. The number of ether oxygens (including phenoxy) is 2. The number of aliphatic carboxylic acids is 1. The standard InChI is InChI=1S/C7H12O7/c1-13-7(6(11)12)5(10)4(9)3(8)2-14-7/h3-5,8-10H,2H2,1H3,(H,11,12). The Bertz CT molecular complexity index is 230. The lowest BCUT2D eigenvalue weighted by molar-refractivity contribution is -0.320. The van der Waals surface area contributed by atoms with Gasteiger partial charge in [-0.05, 0) is 0 Å². The maximum Gasteiger partial charge on any atom is 0.367 e. The molecule has 0 radical (unpaired) electrons. The molecule has 1 aliphatic heterocycles. The first-order valence-corrected chi connectivity index (χ1v) is 3.92. The molecule has 14 heavy (non-hydrogen) atoms. The van der Waals surface area contributed by atoms with Crippen molar-refractivity contribution in [3.8, 4) is 0 Å². The van der Waals surface area contributed by atoms with Crippen LogP contribution in [0.25, 0.3) is 0 Å². The van der Waals surface area contributed by atoms with Gasteiger partial charge < -0.3 is 29.9 Å². The van der Waals surface area contributed by atoms with Crippen molar-refractivity contribution in [1.82, 2.24) is 0 Å². The van der Waals surface area contributed by atoms with E-state index in [1.54, 1.807) is 0 Å². The summed E-state index contributed by atoms with van der Waals surface area (Å²) in [7, 11) is 1.03. The highest BCUT2D eigenvalue weighted by atomic mass is 16.7. The van der Waals surface area contributed by atoms with Crippen LogP contribution in [-0.2, 0) is 14.3 Å². The number of hydrogen-bond donors (Lipinski definition) is 4. The molecule has 0 amide bonds. The molecule has 7 nitrogen and oxygen atoms in total. The molecule has 0 aromatic rings. The van der Waals surface area contributed by atoms with Crippen molar-refractivity contribution in [1.29, 1.82) is 0 Å². The Morgan fingerprint density at radius 3 is 2.50 bits per heavy atom. The Labute approximate surface area is 79.5 Å². The fraction of sp³-hybridized carbons (Fsp3) is 0.857. The molecule has 1 saturated heterocycles. The average Bonchev–Trinajstić information content (AvgIpc) is 2.15. The normalized spacial score (nSPS) is 43.6. The fourth-order valence-corrected chi connectivity index (χ4v) is 1.28. The van der Waals surface area contributed by atoms with E-state index in [2.05, 4.69) is 9.47 Å². The van der Waals surface area contributed by atoms with E-state index in [-0.39, 0.29) is 0 Å². The van der Waals surface area contributed by atoms with Crippen molar-refractivity contribution in [3.63, 3.8) is 0 Å². The maximum absolute atomic E-state index is 10.8. The molecule has 0 saturated carbocycles. The van der Waals surface area contributed by atoms with Crippen LogP contribution in [-0.4, -0.2) is 64.2 Å². The monoisotopic (exact) mass is 208 g/mol. The summed E-state index contributed by atoms with van der Waals surface area (Å²) in [6, 6.07) is 0. The van der Waals surface area contributed by atoms with Gasteiger partial charge in [-0.15, -0.1) is 0 Å². The van der Waals surface area contributed by atoms with Crippen LogP contribution in [0, 0.1) is 0 Å². The number of hydrogen-bond acceptors (Lipinski definition) is 6. The number of carbonyl (C=O) groups is 1. The molecule has 0 aromatic carbocycles. The Kier molecular flexibility index (Phi) is 3.07. The zero-order chi connectivity index (χ0) is 10.9. The van der Waals surface area contributed by atoms with Gasteiger partial charge in [-0.1, -0.05) is 0 Å². The molecule has 1 rings (SSSR count). The summed E-state index contributed by atoms with van der Waals surface area (Å²) >= 11 is 0. The van der Waals surface area contributed by atoms with Crippen LogP contribution in [0.4, 0.5) is 0 Å². The van der Waals surface area contributed by atoms with Gasteiger partial charge in [0, 0.05) is 7.11 Å². The van der Waals surface area contributed by atoms with Crippen molar-refractivity contribution < 1.29 is 34.7 Å². The van der Waals surface area contributed by atoms with Crippen molar-refractivity contribution in [2.45, 2.75) is 24.1 Å². The molecule has 4 N–H and O–H groups in total. The van der Waals surface area contributed by atoms with E-state index in [9.17, 15) is 15.0 Å². The minimum Gasteiger partial charge on any atom is -0.477 e. The second-order valence-electron chi connectivity index (χ2n) is 2.99. The van der Waals surface area contributed by atoms with Gasteiger partial charge in [-0.25, -0.2) is 4.79 Å². The number of aliphatic hydroxyl groups excluding tert-OH is 3. The lowest BCUT2D eigenvalue weighted by atomic mass is 9.97. The minimum atomic E-state index is -2.31. The second kappa shape index (κ2) is 3.79. The molecule has 1 aliphatic rings. The summed E-state index contributed by atoms with van der Waals surface area (Å²) < 4.78 is 9.22. The third kappa shape index (κ3) is 1.49. The van der Waals surface area contributed by atoms with Crippen LogP contribution < -0.4 is 0 Å². The number of aliphatic hydroxyl groups is 3. The Balaban J connectivity index is 2.93. The van der Waals surface area contributed by atoms with Gasteiger partial charge >= 0.3 is 5.97 Å². The predicted octanol–water partition coefficient (Wildman–Crippen LogP) is -2.47. The van der Waals surface area contributed by atoms with Crippen LogP contribution >= 0.6 is 0 Å². The predicted molar refractivity (Wildman–Crippen MR) is 41.3 cm³/mol. The molecule has 7 heteroatoms. The zero-order valence-corrected chi connectivity index (χ0v) is 7.45. The molecular weight excluding hydrogens is 196 g/mol. The molecule has 0 aromatic heterocycles. The van der Waals surface area contributed by atoms with Gasteiger partial charge in [-0.2, -0.15) is 0 Å². The van der Waals surface area contributed by atoms with Crippen LogP contribution in [0.2, 0.25) is 0 Å². The Morgan fingerprint density at radius 1 is 1.50 bits per heavy atom. The quantitative estimate of drug-likeness (QED) is 0.397. The molecule has 4 atom stereocenters. The van der Waals surface area contributed by atoms with E-state index in [1.807, 2.05) is 0 Å². The molecule has 82 valence electrons. The summed E-state index contributed by atoms with van der Waals surface area (Å²) in [5.41, 5.74) is 0. The SMILES string of the molecule is COC1(C(=O)O)OCC(O)C(O)C1O. The van der Waals surface area contributed by atoms with Crippen molar-refractivity contribution in [3.05, 3.63) is 0 Å². The Hall–Kier alpha value is -0.730. The molecule has 1 fully saturated rings. The van der Waals surface area contributed by atoms with Gasteiger partial charge in [0.2, 0.25) is 0 Å². The number of methoxy groups -OCH3 is 1. The lowest BCUT2D eigenvalue weighted by Crippen LogP contribution is -2.65. The van der Waals surface area contributed by atoms with Crippen molar-refractivity contribution >= 4 is 5.97 Å². The molecule has 1 heterocycles. The second-order valence-corrected chi connectivity index (χ2v) is 2.99. The summed E-state index contributed by atoms with van der Waals surface area (Å²) in [5, 5.41) is 36.5. The van der Waals surface area contributed by atoms with Crippen molar-refractivity contribution in [2.24, 2.45) is 0 Å². The van der Waals surface area contributed by atoms with Crippen molar-refractivity contribution in [2.75, 3.05) is 13.7 Å². The summed E-state index contributed by atoms with van der Waals surface area (Å²) in [4.78, 5) is 10.8. The number of rotatable bonds is 2. The van der Waals surface area contributed by atoms with Crippen LogP contribution in [0.15, 0.2) is 0 Å². The van der Waals surface area contributed by atoms with Gasteiger partial charge in [0.05, 0.1) is 6.61 Å². The minimum absolute atomic E-state index is 0.418. The molecule has 0 aliphatic carbocycles. The highest BCUT2D eigenvalue weighted by Gasteiger charge is 2.56. The first-order chi connectivity index (χ1) is 6.45. The third-order valence-electron chi connectivity index (χ3n) is 2.18. The highest BCUT2D eigenvalue weighted by Crippen LogP contribution is 2.27. The summed E-state index contributed by atoms with van der Waals surface area (Å²) in [6.07, 6.45) is -4.78. The molecule has 0 bridgehead atoms. The summed E-state index contributed by atoms with van der Waals surface area (Å²) in [5.74, 6) is -3.86. The largest absolute Gasteiger partial charge is 0.477 e. The lowest BCUT2D eigenvalue weighted by Gasteiger charge is -2.40. The van der Waals surface area contributed by atoms with Gasteiger partial charge in [0.15, 0.2) is 0 Å². The van der Waals surface area contributed by atoms with E-state index >= 15 is 0 Å². The average molecular weight is 208 g/mol. The van der Waals surface area contributed by atoms with Gasteiger partial charge in [-0.3, -0.25) is 0 Å². The van der Waals surface area contributed by atoms with E-state index < -0.39 is 36.7 Å². The molecule has 4 unspecified atom stereocenters. The summed E-state index contributed by atoms with van der Waals surface area (Å²) in [6.45, 7) is -0.418. The van der Waals surface area contributed by atoms with E-state index in [4.69, 9.17) is 10.2 Å². The highest BCUT2D eigenvalue weighted by molar-refractivity contribution is 5.76. The molecule has 0 spiro atoms. The topological polar surface area (TPSA) is 116 Å². The maximum atomic E-state index is 10.8. The van der Waals surface area contributed by atoms with Crippen LogP contribution in [0.3, 0.4) is 0 Å². The zero-order valence-electron chi connectivity index (χ0n) is 7.45.